The summed E-state index contributed by atoms with van der Waals surface area (Å²) in [4.78, 5) is 0. The molecule has 0 fully saturated rings. The zero-order chi connectivity index (χ0) is 12.1. The lowest BCUT2D eigenvalue weighted by Crippen LogP contribution is -2.11. The minimum atomic E-state index is -0.384. The Bertz CT molecular complexity index is 297. The van der Waals surface area contributed by atoms with Crippen molar-refractivity contribution >= 4 is 0 Å². The van der Waals surface area contributed by atoms with Crippen molar-refractivity contribution in [2.24, 2.45) is 11.8 Å². The molecule has 1 heteroatoms. The molecule has 90 valence electrons. The Morgan fingerprint density at radius 2 is 2.12 bits per heavy atom. The molecule has 16 heavy (non-hydrogen) atoms. The quantitative estimate of drug-likeness (QED) is 0.665. The van der Waals surface area contributed by atoms with Gasteiger partial charge in [0.05, 0.1) is 6.10 Å². The van der Waals surface area contributed by atoms with Crippen LogP contribution in [0.2, 0.25) is 0 Å². The van der Waals surface area contributed by atoms with E-state index in [1.54, 1.807) is 0 Å². The third kappa shape index (κ3) is 3.97. The fourth-order valence-electron chi connectivity index (χ4n) is 1.92. The van der Waals surface area contributed by atoms with Crippen LogP contribution in [-0.4, -0.2) is 11.2 Å². The molecule has 0 heterocycles. The Kier molecular flexibility index (Phi) is 5.01. The first-order chi connectivity index (χ1) is 7.50. The van der Waals surface area contributed by atoms with Gasteiger partial charge in [0.2, 0.25) is 0 Å². The maximum Gasteiger partial charge on any atom is 0.0787 e. The van der Waals surface area contributed by atoms with Crippen LogP contribution < -0.4 is 0 Å². The Morgan fingerprint density at radius 3 is 2.75 bits per heavy atom. The summed E-state index contributed by atoms with van der Waals surface area (Å²) in [6, 6.07) is 0. The van der Waals surface area contributed by atoms with Crippen molar-refractivity contribution in [3.05, 3.63) is 36.0 Å². The molecule has 1 N–H and O–H groups in total. The van der Waals surface area contributed by atoms with Crippen LogP contribution in [0, 0.1) is 11.8 Å². The molecular weight excluding hydrogens is 196 g/mol. The van der Waals surface area contributed by atoms with Crippen molar-refractivity contribution < 1.29 is 5.11 Å². The summed E-state index contributed by atoms with van der Waals surface area (Å²) in [5.41, 5.74) is 2.23. The van der Waals surface area contributed by atoms with Gasteiger partial charge in [-0.25, -0.2) is 0 Å². The number of rotatable bonds is 1. The fraction of sp³-hybridized carbons (Fsp3) is 0.600. The van der Waals surface area contributed by atoms with Gasteiger partial charge in [-0.1, -0.05) is 44.2 Å². The normalized spacial score (nSPS) is 33.3. The van der Waals surface area contributed by atoms with E-state index in [0.717, 1.165) is 24.8 Å². The highest BCUT2D eigenvalue weighted by molar-refractivity contribution is 5.21. The van der Waals surface area contributed by atoms with E-state index in [-0.39, 0.29) is 6.10 Å². The maximum absolute atomic E-state index is 9.86. The molecule has 0 aromatic heterocycles. The first-order valence-electron chi connectivity index (χ1n) is 6.21. The van der Waals surface area contributed by atoms with Crippen LogP contribution in [0.3, 0.4) is 0 Å². The topological polar surface area (TPSA) is 20.2 Å². The second kappa shape index (κ2) is 6.05. The predicted molar refractivity (Wildman–Crippen MR) is 70.2 cm³/mol. The molecule has 0 aromatic carbocycles. The van der Waals surface area contributed by atoms with Crippen LogP contribution in [0.5, 0.6) is 0 Å². The highest BCUT2D eigenvalue weighted by Crippen LogP contribution is 2.23. The van der Waals surface area contributed by atoms with Crippen molar-refractivity contribution in [2.75, 3.05) is 0 Å². The van der Waals surface area contributed by atoms with Gasteiger partial charge >= 0.3 is 0 Å². The Hall–Kier alpha value is -0.820. The highest BCUT2D eigenvalue weighted by Gasteiger charge is 2.12. The van der Waals surface area contributed by atoms with E-state index in [4.69, 9.17) is 0 Å². The van der Waals surface area contributed by atoms with Gasteiger partial charge in [-0.15, -0.1) is 0 Å². The molecule has 1 nitrogen and oxygen atoms in total. The van der Waals surface area contributed by atoms with E-state index >= 15 is 0 Å². The molecule has 1 aliphatic carbocycles. The fourth-order valence-corrected chi connectivity index (χ4v) is 1.92. The number of aliphatic hydroxyl groups is 1. The van der Waals surface area contributed by atoms with E-state index in [1.807, 2.05) is 6.08 Å². The average molecular weight is 220 g/mol. The van der Waals surface area contributed by atoms with E-state index in [9.17, 15) is 5.11 Å². The van der Waals surface area contributed by atoms with Gasteiger partial charge in [0.15, 0.2) is 0 Å². The molecule has 0 spiro atoms. The molecule has 1 aliphatic rings. The third-order valence-electron chi connectivity index (χ3n) is 3.39. The van der Waals surface area contributed by atoms with Gasteiger partial charge in [-0.2, -0.15) is 0 Å². The minimum absolute atomic E-state index is 0.384. The van der Waals surface area contributed by atoms with E-state index in [2.05, 4.69) is 39.5 Å². The van der Waals surface area contributed by atoms with Crippen LogP contribution >= 0.6 is 0 Å². The van der Waals surface area contributed by atoms with Gasteiger partial charge < -0.3 is 5.11 Å². The first kappa shape index (κ1) is 13.2. The Labute approximate surface area is 99.6 Å². The average Bonchev–Trinajstić information content (AvgIpc) is 2.23. The second-order valence-corrected chi connectivity index (χ2v) is 5.18. The van der Waals surface area contributed by atoms with Crippen molar-refractivity contribution in [3.8, 4) is 0 Å². The molecule has 0 aliphatic heterocycles. The Morgan fingerprint density at radius 1 is 1.44 bits per heavy atom. The summed E-state index contributed by atoms with van der Waals surface area (Å²) in [7, 11) is 0. The number of aliphatic hydroxyl groups excluding tert-OH is 1. The third-order valence-corrected chi connectivity index (χ3v) is 3.39. The summed E-state index contributed by atoms with van der Waals surface area (Å²) in [5.74, 6) is 1.18. The molecule has 0 bridgehead atoms. The predicted octanol–water partition coefficient (Wildman–Crippen LogP) is 3.86. The standard InChI is InChI=1S/C15H24O/c1-11(2)14-8-5-12(3)6-10-15(16)13(4)7-9-14/h5,7,9,11,14-16H,4,6,8,10H2,1-3H3/b9-7-,12-5-/t14-,15-/m0/s1. The monoisotopic (exact) mass is 220 g/mol. The van der Waals surface area contributed by atoms with E-state index in [1.165, 1.54) is 5.57 Å². The minimum Gasteiger partial charge on any atom is -0.388 e. The van der Waals surface area contributed by atoms with Crippen LogP contribution in [0.1, 0.15) is 40.0 Å². The van der Waals surface area contributed by atoms with Gasteiger partial charge in [-0.3, -0.25) is 0 Å². The molecule has 1 rings (SSSR count). The molecule has 0 radical (unpaired) electrons. The largest absolute Gasteiger partial charge is 0.388 e. The number of hydrogen-bond donors (Lipinski definition) is 1. The van der Waals surface area contributed by atoms with E-state index in [0.29, 0.717) is 11.8 Å². The lowest BCUT2D eigenvalue weighted by atomic mass is 9.88. The summed E-state index contributed by atoms with van der Waals surface area (Å²) in [6.07, 6.45) is 9.00. The second-order valence-electron chi connectivity index (χ2n) is 5.18. The zero-order valence-corrected chi connectivity index (χ0v) is 10.7. The maximum atomic E-state index is 9.86. The van der Waals surface area contributed by atoms with Crippen LogP contribution in [-0.2, 0) is 0 Å². The van der Waals surface area contributed by atoms with Crippen LogP contribution in [0.25, 0.3) is 0 Å². The summed E-state index contributed by atoms with van der Waals surface area (Å²) in [6.45, 7) is 10.6. The first-order valence-corrected chi connectivity index (χ1v) is 6.21. The van der Waals surface area contributed by atoms with Gasteiger partial charge in [0.25, 0.3) is 0 Å². The molecule has 0 amide bonds. The van der Waals surface area contributed by atoms with Crippen LogP contribution in [0.4, 0.5) is 0 Å². The van der Waals surface area contributed by atoms with Crippen molar-refractivity contribution in [1.82, 2.24) is 0 Å². The summed E-state index contributed by atoms with van der Waals surface area (Å²) < 4.78 is 0. The van der Waals surface area contributed by atoms with Crippen molar-refractivity contribution in [1.29, 1.82) is 0 Å². The number of allylic oxidation sites excluding steroid dienone is 3. The van der Waals surface area contributed by atoms with Gasteiger partial charge in [0, 0.05) is 0 Å². The highest BCUT2D eigenvalue weighted by atomic mass is 16.3. The number of hydrogen-bond acceptors (Lipinski definition) is 1. The molecular formula is C15H24O. The molecule has 0 aromatic rings. The SMILES string of the molecule is C=C1/C=C\[C@@H](C(C)C)C/C=C(/C)CC[C@@H]1O. The van der Waals surface area contributed by atoms with E-state index < -0.39 is 0 Å². The Balaban J connectivity index is 2.82. The lowest BCUT2D eigenvalue weighted by Gasteiger charge is -2.18. The molecule has 2 atom stereocenters. The van der Waals surface area contributed by atoms with Crippen LogP contribution in [0.15, 0.2) is 36.0 Å². The van der Waals surface area contributed by atoms with Gasteiger partial charge in [-0.05, 0) is 43.6 Å². The van der Waals surface area contributed by atoms with Gasteiger partial charge in [0.1, 0.15) is 0 Å². The summed E-state index contributed by atoms with van der Waals surface area (Å²) >= 11 is 0. The molecule has 0 saturated heterocycles. The smallest absolute Gasteiger partial charge is 0.0787 e. The summed E-state index contributed by atoms with van der Waals surface area (Å²) in [5, 5.41) is 9.86. The zero-order valence-electron chi connectivity index (χ0n) is 10.7. The molecule has 0 saturated carbocycles. The van der Waals surface area contributed by atoms with Crippen molar-refractivity contribution in [3.63, 3.8) is 0 Å². The van der Waals surface area contributed by atoms with Crippen molar-refractivity contribution in [2.45, 2.75) is 46.1 Å². The lowest BCUT2D eigenvalue weighted by molar-refractivity contribution is 0.204. The molecule has 0 unspecified atom stereocenters.